The van der Waals surface area contributed by atoms with Gasteiger partial charge < -0.3 is 4.74 Å². The van der Waals surface area contributed by atoms with Crippen molar-refractivity contribution in [2.24, 2.45) is 0 Å². The molecule has 4 nitrogen and oxygen atoms in total. The average Bonchev–Trinajstić information content (AvgIpc) is 2.63. The molecule has 0 bridgehead atoms. The molecule has 0 fully saturated rings. The van der Waals surface area contributed by atoms with Crippen LogP contribution in [0.5, 0.6) is 5.75 Å². The molecule has 0 spiro atoms. The number of pyridine rings is 1. The Hall–Kier alpha value is -3.45. The number of ether oxygens (including phenoxy) is 1. The maximum atomic E-state index is 12.0. The lowest BCUT2D eigenvalue weighted by molar-refractivity contribution is 0.0734. The van der Waals surface area contributed by atoms with Gasteiger partial charge in [0.25, 0.3) is 0 Å². The van der Waals surface area contributed by atoms with E-state index in [1.54, 1.807) is 30.3 Å². The Morgan fingerprint density at radius 3 is 2.43 bits per heavy atom. The molecule has 2 aromatic carbocycles. The van der Waals surface area contributed by atoms with Crippen LogP contribution in [-0.2, 0) is 0 Å². The van der Waals surface area contributed by atoms with Gasteiger partial charge in [0.1, 0.15) is 5.75 Å². The Morgan fingerprint density at radius 1 is 1.00 bits per heavy atom. The topological polar surface area (TPSA) is 63.0 Å². The first-order valence-corrected chi connectivity index (χ1v) is 7.00. The molecule has 110 valence electrons. The largest absolute Gasteiger partial charge is 0.423 e. The number of nitrogens with zero attached hydrogens (tertiary/aromatic N) is 2. The minimum atomic E-state index is -0.483. The number of esters is 1. The molecule has 1 heterocycles. The van der Waals surface area contributed by atoms with Crippen molar-refractivity contribution in [3.63, 3.8) is 0 Å². The number of carbonyl (C=O) groups excluding carboxylic acids is 1. The molecular formula is C19H12N2O2. The summed E-state index contributed by atoms with van der Waals surface area (Å²) < 4.78 is 5.32. The van der Waals surface area contributed by atoms with Crippen molar-refractivity contribution in [2.75, 3.05) is 0 Å². The summed E-state index contributed by atoms with van der Waals surface area (Å²) in [6.45, 7) is 0. The van der Waals surface area contributed by atoms with E-state index in [4.69, 9.17) is 4.74 Å². The molecule has 0 atom stereocenters. The fourth-order valence-corrected chi connectivity index (χ4v) is 2.20. The van der Waals surface area contributed by atoms with Crippen LogP contribution in [0.2, 0.25) is 0 Å². The minimum Gasteiger partial charge on any atom is -0.423 e. The van der Waals surface area contributed by atoms with Crippen molar-refractivity contribution < 1.29 is 9.53 Å². The van der Waals surface area contributed by atoms with Crippen LogP contribution in [-0.4, -0.2) is 11.0 Å². The predicted molar refractivity (Wildman–Crippen MR) is 85.8 cm³/mol. The quantitative estimate of drug-likeness (QED) is 0.544. The minimum absolute atomic E-state index is 0.336. The van der Waals surface area contributed by atoms with Crippen LogP contribution in [0.1, 0.15) is 15.9 Å². The Bertz CT molecular complexity index is 869. The first-order chi connectivity index (χ1) is 11.3. The van der Waals surface area contributed by atoms with E-state index in [-0.39, 0.29) is 0 Å². The summed E-state index contributed by atoms with van der Waals surface area (Å²) in [6.07, 6.45) is 3.05. The van der Waals surface area contributed by atoms with Gasteiger partial charge in [-0.05, 0) is 41.5 Å². The van der Waals surface area contributed by atoms with Crippen LogP contribution in [0.15, 0.2) is 73.1 Å². The lowest BCUT2D eigenvalue weighted by Gasteiger charge is -2.08. The molecule has 4 heteroatoms. The van der Waals surface area contributed by atoms with Gasteiger partial charge in [-0.25, -0.2) is 4.79 Å². The van der Waals surface area contributed by atoms with Gasteiger partial charge in [-0.1, -0.05) is 30.3 Å². The monoisotopic (exact) mass is 300 g/mol. The summed E-state index contributed by atoms with van der Waals surface area (Å²) in [5.41, 5.74) is 2.61. The Labute approximate surface area is 133 Å². The number of nitriles is 1. The van der Waals surface area contributed by atoms with E-state index >= 15 is 0 Å². The molecule has 0 aliphatic rings. The highest BCUT2D eigenvalue weighted by molar-refractivity contribution is 5.91. The number of carbonyl (C=O) groups is 1. The second-order valence-corrected chi connectivity index (χ2v) is 4.81. The zero-order valence-electron chi connectivity index (χ0n) is 12.1. The van der Waals surface area contributed by atoms with Gasteiger partial charge in [0.15, 0.2) is 0 Å². The molecule has 0 N–H and O–H groups in total. The highest BCUT2D eigenvalue weighted by Crippen LogP contribution is 2.27. The van der Waals surface area contributed by atoms with Gasteiger partial charge in [-0.3, -0.25) is 4.98 Å². The third-order valence-electron chi connectivity index (χ3n) is 3.32. The van der Waals surface area contributed by atoms with E-state index in [1.807, 2.05) is 30.3 Å². The van der Waals surface area contributed by atoms with Gasteiger partial charge in [-0.2, -0.15) is 5.26 Å². The van der Waals surface area contributed by atoms with Crippen LogP contribution in [0.25, 0.3) is 11.1 Å². The summed E-state index contributed by atoms with van der Waals surface area (Å²) >= 11 is 0. The summed E-state index contributed by atoms with van der Waals surface area (Å²) in [4.78, 5) is 15.9. The first kappa shape index (κ1) is 14.5. The van der Waals surface area contributed by atoms with Crippen LogP contribution >= 0.6 is 0 Å². The molecular weight excluding hydrogens is 288 g/mol. The molecule has 3 rings (SSSR count). The van der Waals surface area contributed by atoms with Gasteiger partial charge in [-0.15, -0.1) is 0 Å². The zero-order valence-corrected chi connectivity index (χ0v) is 12.1. The summed E-state index contributed by atoms with van der Waals surface area (Å²) in [5, 5.41) is 9.36. The third-order valence-corrected chi connectivity index (χ3v) is 3.32. The van der Waals surface area contributed by atoms with Gasteiger partial charge in [0, 0.05) is 12.4 Å². The molecule has 23 heavy (non-hydrogen) atoms. The van der Waals surface area contributed by atoms with Crippen LogP contribution in [0.3, 0.4) is 0 Å². The second-order valence-electron chi connectivity index (χ2n) is 4.81. The number of rotatable bonds is 3. The fraction of sp³-hybridized carbons (Fsp3) is 0. The van der Waals surface area contributed by atoms with Crippen molar-refractivity contribution >= 4 is 5.97 Å². The number of hydrogen-bond donors (Lipinski definition) is 0. The lowest BCUT2D eigenvalue weighted by atomic mass is 10.0. The summed E-state index contributed by atoms with van der Waals surface area (Å²) in [7, 11) is 0. The molecule has 0 aliphatic carbocycles. The van der Waals surface area contributed by atoms with Gasteiger partial charge in [0.05, 0.1) is 17.2 Å². The Balaban J connectivity index is 1.88. The number of hydrogen-bond acceptors (Lipinski definition) is 4. The third kappa shape index (κ3) is 3.25. The first-order valence-electron chi connectivity index (χ1n) is 7.00. The standard InChI is InChI=1S/C19H12N2O2/c20-13-16-12-17(23-19(22)15-8-10-21-11-9-15)6-7-18(16)14-4-2-1-3-5-14/h1-12H. The molecule has 0 radical (unpaired) electrons. The molecule has 0 amide bonds. The van der Waals surface area contributed by atoms with Crippen molar-refractivity contribution in [1.29, 1.82) is 5.26 Å². The summed E-state index contributed by atoms with van der Waals surface area (Å²) in [5.74, 6) is -0.146. The molecule has 3 aromatic rings. The Kier molecular flexibility index (Phi) is 4.12. The van der Waals surface area contributed by atoms with Crippen molar-refractivity contribution in [3.05, 3.63) is 84.2 Å². The highest BCUT2D eigenvalue weighted by Gasteiger charge is 2.11. The van der Waals surface area contributed by atoms with Crippen LogP contribution in [0.4, 0.5) is 0 Å². The fourth-order valence-electron chi connectivity index (χ4n) is 2.20. The van der Waals surface area contributed by atoms with Crippen LogP contribution < -0.4 is 4.74 Å². The SMILES string of the molecule is N#Cc1cc(OC(=O)c2ccncc2)ccc1-c1ccccc1. The molecule has 0 saturated heterocycles. The molecule has 1 aromatic heterocycles. The number of aromatic nitrogens is 1. The van der Waals surface area contributed by atoms with E-state index < -0.39 is 5.97 Å². The van der Waals surface area contributed by atoms with E-state index in [9.17, 15) is 10.1 Å². The molecule has 0 aliphatic heterocycles. The van der Waals surface area contributed by atoms with E-state index in [2.05, 4.69) is 11.1 Å². The smallest absolute Gasteiger partial charge is 0.343 e. The molecule has 0 saturated carbocycles. The predicted octanol–water partition coefficient (Wildman–Crippen LogP) is 3.84. The van der Waals surface area contributed by atoms with E-state index in [1.165, 1.54) is 12.4 Å². The number of benzene rings is 2. The lowest BCUT2D eigenvalue weighted by Crippen LogP contribution is -2.08. The van der Waals surface area contributed by atoms with Crippen molar-refractivity contribution in [3.8, 4) is 22.9 Å². The molecule has 0 unspecified atom stereocenters. The second kappa shape index (κ2) is 6.54. The van der Waals surface area contributed by atoms with E-state index in [0.29, 0.717) is 16.9 Å². The van der Waals surface area contributed by atoms with Gasteiger partial charge in [0.2, 0.25) is 0 Å². The highest BCUT2D eigenvalue weighted by atomic mass is 16.5. The normalized spacial score (nSPS) is 9.87. The van der Waals surface area contributed by atoms with Crippen molar-refractivity contribution in [2.45, 2.75) is 0 Å². The van der Waals surface area contributed by atoms with Crippen LogP contribution in [0, 0.1) is 11.3 Å². The maximum absolute atomic E-state index is 12.0. The van der Waals surface area contributed by atoms with E-state index in [0.717, 1.165) is 11.1 Å². The zero-order chi connectivity index (χ0) is 16.1. The van der Waals surface area contributed by atoms with Gasteiger partial charge >= 0.3 is 5.97 Å². The van der Waals surface area contributed by atoms with Crippen molar-refractivity contribution in [1.82, 2.24) is 4.98 Å². The average molecular weight is 300 g/mol. The Morgan fingerprint density at radius 2 is 1.74 bits per heavy atom. The maximum Gasteiger partial charge on any atom is 0.343 e. The summed E-state index contributed by atoms with van der Waals surface area (Å²) in [6, 6.07) is 19.9.